The number of nitrogens with one attached hydrogen (secondary N) is 1. The second kappa shape index (κ2) is 6.77. The third-order valence-electron chi connectivity index (χ3n) is 1.59. The molecule has 1 amide bonds. The molecule has 0 aliphatic rings. The molecule has 1 heterocycles. The van der Waals surface area contributed by atoms with Crippen LogP contribution in [-0.2, 0) is 4.79 Å². The number of alkyl halides is 2. The normalized spacial score (nSPS) is 11.5. The van der Waals surface area contributed by atoms with Crippen molar-refractivity contribution in [3.05, 3.63) is 34.1 Å². The fourth-order valence-electron chi connectivity index (χ4n) is 0.860. The molecule has 1 aromatic heterocycles. The lowest BCUT2D eigenvalue weighted by atomic mass is 10.4. The molecule has 0 radical (unpaired) electrons. The van der Waals surface area contributed by atoms with Crippen LogP contribution < -0.4 is 5.43 Å². The van der Waals surface area contributed by atoms with Gasteiger partial charge in [-0.15, -0.1) is 0 Å². The molecule has 0 saturated carbocycles. The summed E-state index contributed by atoms with van der Waals surface area (Å²) in [6.07, 6.45) is 4.09. The Kier molecular flexibility index (Phi) is 5.34. The van der Waals surface area contributed by atoms with E-state index >= 15 is 0 Å². The maximum absolute atomic E-state index is 10.8. The first-order chi connectivity index (χ1) is 8.50. The van der Waals surface area contributed by atoms with Gasteiger partial charge in [-0.25, -0.2) is 5.43 Å². The van der Waals surface area contributed by atoms with E-state index < -0.39 is 15.7 Å². The quantitative estimate of drug-likeness (QED) is 0.389. The van der Waals surface area contributed by atoms with Crippen molar-refractivity contribution >= 4 is 47.3 Å². The van der Waals surface area contributed by atoms with E-state index in [1.165, 1.54) is 30.5 Å². The summed E-state index contributed by atoms with van der Waals surface area (Å²) in [5, 5.41) is 13.8. The Morgan fingerprint density at radius 3 is 2.83 bits per heavy atom. The predicted molar refractivity (Wildman–Crippen MR) is 66.5 cm³/mol. The average molecular weight is 292 g/mol. The summed E-state index contributed by atoms with van der Waals surface area (Å²) in [4.78, 5) is 19.3. The number of hydrazone groups is 1. The van der Waals surface area contributed by atoms with Gasteiger partial charge < -0.3 is 4.42 Å². The number of nitro groups is 1. The number of amides is 1. The van der Waals surface area contributed by atoms with Crippen LogP contribution in [0.4, 0.5) is 5.88 Å². The van der Waals surface area contributed by atoms with Gasteiger partial charge in [0.05, 0.1) is 6.07 Å². The molecular weight excluding hydrogens is 285 g/mol. The second-order valence-corrected chi connectivity index (χ2v) is 3.94. The maximum Gasteiger partial charge on any atom is 0.433 e. The maximum atomic E-state index is 10.8. The highest BCUT2D eigenvalue weighted by atomic mass is 35.5. The van der Waals surface area contributed by atoms with Crippen LogP contribution in [0.15, 0.2) is 27.7 Å². The van der Waals surface area contributed by atoms with Crippen molar-refractivity contribution < 1.29 is 14.1 Å². The number of furan rings is 1. The molecule has 0 aliphatic carbocycles. The van der Waals surface area contributed by atoms with Gasteiger partial charge in [0.25, 0.3) is 5.91 Å². The van der Waals surface area contributed by atoms with Crippen LogP contribution in [0, 0.1) is 10.1 Å². The lowest BCUT2D eigenvalue weighted by Gasteiger charge is -1.96. The minimum Gasteiger partial charge on any atom is -0.401 e. The summed E-state index contributed by atoms with van der Waals surface area (Å²) in [5.41, 5.74) is 2.07. The van der Waals surface area contributed by atoms with E-state index in [9.17, 15) is 14.9 Å². The zero-order valence-electron chi connectivity index (χ0n) is 8.75. The molecule has 1 aromatic rings. The van der Waals surface area contributed by atoms with E-state index in [0.29, 0.717) is 0 Å². The van der Waals surface area contributed by atoms with Crippen molar-refractivity contribution in [1.29, 1.82) is 0 Å². The molecule has 9 heteroatoms. The number of nitrogens with zero attached hydrogens (tertiary/aromatic N) is 2. The number of halogens is 2. The van der Waals surface area contributed by atoms with Crippen LogP contribution >= 0.6 is 23.2 Å². The highest BCUT2D eigenvalue weighted by Gasteiger charge is 2.10. The minimum absolute atomic E-state index is 0.284. The van der Waals surface area contributed by atoms with Crippen LogP contribution in [0.3, 0.4) is 0 Å². The Balaban J connectivity index is 2.47. The Bertz CT molecular complexity index is 496. The van der Waals surface area contributed by atoms with Gasteiger partial charge in [-0.2, -0.15) is 5.10 Å². The zero-order chi connectivity index (χ0) is 13.5. The molecular formula is C9H7Cl2N3O4. The Labute approximate surface area is 111 Å². The van der Waals surface area contributed by atoms with Crippen LogP contribution in [0.5, 0.6) is 0 Å². The van der Waals surface area contributed by atoms with Gasteiger partial charge in [-0.05, 0) is 18.2 Å². The number of carbonyl (C=O) groups excluding carboxylic acids is 1. The standard InChI is InChI=1S/C9H7Cl2N3O4/c10-8(11)9(15)13-12-5-1-2-6-3-4-7(18-6)14(16)17/h1-5,8H,(H,13,15)/b2-1+,12-5+. The highest BCUT2D eigenvalue weighted by molar-refractivity contribution is 6.53. The fraction of sp³-hybridized carbons (Fsp3) is 0.111. The molecule has 0 spiro atoms. The molecule has 0 aromatic carbocycles. The first-order valence-corrected chi connectivity index (χ1v) is 5.40. The fourth-order valence-corrected chi connectivity index (χ4v) is 0.958. The number of hydrogen-bond acceptors (Lipinski definition) is 5. The van der Waals surface area contributed by atoms with E-state index in [2.05, 4.69) is 10.5 Å². The monoisotopic (exact) mass is 291 g/mol. The number of allylic oxidation sites excluding steroid dienone is 1. The summed E-state index contributed by atoms with van der Waals surface area (Å²) < 4.78 is 4.83. The van der Waals surface area contributed by atoms with Gasteiger partial charge in [0.15, 0.2) is 4.84 Å². The molecule has 1 rings (SSSR count). The van der Waals surface area contributed by atoms with E-state index in [0.717, 1.165) is 0 Å². The van der Waals surface area contributed by atoms with Gasteiger partial charge in [0, 0.05) is 6.21 Å². The molecule has 7 nitrogen and oxygen atoms in total. The van der Waals surface area contributed by atoms with Crippen LogP contribution in [0.25, 0.3) is 6.08 Å². The molecule has 0 unspecified atom stereocenters. The first-order valence-electron chi connectivity index (χ1n) is 4.52. The third-order valence-corrected chi connectivity index (χ3v) is 1.98. The van der Waals surface area contributed by atoms with E-state index in [1.54, 1.807) is 0 Å². The van der Waals surface area contributed by atoms with Gasteiger partial charge in [-0.3, -0.25) is 14.9 Å². The van der Waals surface area contributed by atoms with Crippen molar-refractivity contribution in [3.8, 4) is 0 Å². The second-order valence-electron chi connectivity index (χ2n) is 2.85. The van der Waals surface area contributed by atoms with Gasteiger partial charge >= 0.3 is 5.88 Å². The van der Waals surface area contributed by atoms with E-state index in [4.69, 9.17) is 27.6 Å². The molecule has 0 aliphatic heterocycles. The first kappa shape index (κ1) is 14.2. The van der Waals surface area contributed by atoms with E-state index in [-0.39, 0.29) is 11.6 Å². The van der Waals surface area contributed by atoms with Crippen molar-refractivity contribution in [2.75, 3.05) is 0 Å². The number of hydrogen-bond donors (Lipinski definition) is 1. The van der Waals surface area contributed by atoms with Crippen LogP contribution in [0.2, 0.25) is 0 Å². The van der Waals surface area contributed by atoms with Crippen LogP contribution in [-0.4, -0.2) is 21.9 Å². The Morgan fingerprint density at radius 1 is 1.56 bits per heavy atom. The molecule has 0 bridgehead atoms. The largest absolute Gasteiger partial charge is 0.433 e. The molecule has 96 valence electrons. The van der Waals surface area contributed by atoms with Gasteiger partial charge in [-0.1, -0.05) is 23.2 Å². The van der Waals surface area contributed by atoms with Crippen molar-refractivity contribution in [2.45, 2.75) is 4.84 Å². The summed E-state index contributed by atoms with van der Waals surface area (Å²) >= 11 is 10.5. The summed E-state index contributed by atoms with van der Waals surface area (Å²) in [5.74, 6) is -0.726. The van der Waals surface area contributed by atoms with Gasteiger partial charge in [0.1, 0.15) is 10.7 Å². The lowest BCUT2D eigenvalue weighted by Crippen LogP contribution is -2.23. The van der Waals surface area contributed by atoms with Gasteiger partial charge in [0.2, 0.25) is 0 Å². The number of rotatable bonds is 5. The number of carbonyl (C=O) groups is 1. The molecule has 18 heavy (non-hydrogen) atoms. The highest BCUT2D eigenvalue weighted by Crippen LogP contribution is 2.16. The Morgan fingerprint density at radius 2 is 2.28 bits per heavy atom. The van der Waals surface area contributed by atoms with Crippen molar-refractivity contribution in [1.82, 2.24) is 5.43 Å². The Hall–Kier alpha value is -1.86. The molecule has 0 fully saturated rings. The molecule has 1 N–H and O–H groups in total. The van der Waals surface area contributed by atoms with E-state index in [1.807, 2.05) is 0 Å². The summed E-state index contributed by atoms with van der Waals surface area (Å²) in [6, 6.07) is 2.65. The topological polar surface area (TPSA) is 97.7 Å². The summed E-state index contributed by atoms with van der Waals surface area (Å²) in [6.45, 7) is 0. The zero-order valence-corrected chi connectivity index (χ0v) is 10.3. The van der Waals surface area contributed by atoms with Crippen molar-refractivity contribution in [3.63, 3.8) is 0 Å². The lowest BCUT2D eigenvalue weighted by molar-refractivity contribution is -0.402. The summed E-state index contributed by atoms with van der Waals surface area (Å²) in [7, 11) is 0. The molecule has 0 saturated heterocycles. The average Bonchev–Trinajstić information content (AvgIpc) is 2.77. The minimum atomic E-state index is -1.20. The third kappa shape index (κ3) is 4.56. The SMILES string of the molecule is O=C(N/N=C/C=C/c1ccc([N+](=O)[O-])o1)C(Cl)Cl. The smallest absolute Gasteiger partial charge is 0.401 e. The van der Waals surface area contributed by atoms with Crippen LogP contribution in [0.1, 0.15) is 5.76 Å². The predicted octanol–water partition coefficient (Wildman–Crippen LogP) is 2.11. The van der Waals surface area contributed by atoms with Crippen molar-refractivity contribution in [2.24, 2.45) is 5.10 Å². The molecule has 0 atom stereocenters.